The van der Waals surface area contributed by atoms with E-state index >= 15 is 0 Å². The SMILES string of the molecule is O=C1C=CC(=O)N1C(Cl)(Cl)Cl. The second kappa shape index (κ2) is 2.66. The summed E-state index contributed by atoms with van der Waals surface area (Å²) < 4.78 is -1.99. The van der Waals surface area contributed by atoms with Gasteiger partial charge in [-0.3, -0.25) is 9.59 Å². The Morgan fingerprint density at radius 3 is 1.64 bits per heavy atom. The van der Waals surface area contributed by atoms with Gasteiger partial charge >= 0.3 is 0 Å². The summed E-state index contributed by atoms with van der Waals surface area (Å²) >= 11 is 15.9. The molecule has 1 heterocycles. The first kappa shape index (κ1) is 8.84. The van der Waals surface area contributed by atoms with Crippen LogP contribution in [-0.2, 0) is 9.59 Å². The van der Waals surface area contributed by atoms with Crippen LogP contribution in [0.3, 0.4) is 0 Å². The summed E-state index contributed by atoms with van der Waals surface area (Å²) in [6, 6.07) is 0. The fourth-order valence-corrected chi connectivity index (χ4v) is 1.15. The quantitative estimate of drug-likeness (QED) is 0.346. The Balaban J connectivity index is 2.91. The van der Waals surface area contributed by atoms with Crippen molar-refractivity contribution in [1.29, 1.82) is 0 Å². The largest absolute Gasteiger partial charge is 0.277 e. The molecular formula is C5H2Cl3NO2. The monoisotopic (exact) mass is 213 g/mol. The Kier molecular flexibility index (Phi) is 2.14. The molecule has 0 bridgehead atoms. The number of hydrogen-bond acceptors (Lipinski definition) is 2. The summed E-state index contributed by atoms with van der Waals surface area (Å²) in [5, 5.41) is 0. The van der Waals surface area contributed by atoms with Crippen LogP contribution >= 0.6 is 34.8 Å². The van der Waals surface area contributed by atoms with Crippen LogP contribution in [0.25, 0.3) is 0 Å². The molecule has 6 heteroatoms. The van der Waals surface area contributed by atoms with Gasteiger partial charge in [-0.15, -0.1) is 0 Å². The number of carbonyl (C=O) groups is 2. The van der Waals surface area contributed by atoms with Gasteiger partial charge in [0, 0.05) is 12.2 Å². The van der Waals surface area contributed by atoms with Crippen LogP contribution in [0, 0.1) is 0 Å². The molecule has 3 nitrogen and oxygen atoms in total. The molecule has 0 saturated heterocycles. The maximum atomic E-state index is 10.8. The van der Waals surface area contributed by atoms with Gasteiger partial charge in [0.05, 0.1) is 0 Å². The lowest BCUT2D eigenvalue weighted by Gasteiger charge is -2.21. The average molecular weight is 214 g/mol. The number of nitrogens with zero attached hydrogens (tertiary/aromatic N) is 1. The molecule has 0 aliphatic carbocycles. The van der Waals surface area contributed by atoms with Crippen LogP contribution in [0.5, 0.6) is 0 Å². The van der Waals surface area contributed by atoms with E-state index in [1.54, 1.807) is 0 Å². The lowest BCUT2D eigenvalue weighted by molar-refractivity contribution is -0.137. The van der Waals surface area contributed by atoms with E-state index in [1.807, 2.05) is 0 Å². The third-order valence-electron chi connectivity index (χ3n) is 1.06. The Labute approximate surface area is 77.5 Å². The van der Waals surface area contributed by atoms with E-state index in [4.69, 9.17) is 34.8 Å². The molecule has 1 rings (SSSR count). The molecule has 0 atom stereocenters. The molecule has 0 aromatic rings. The minimum Gasteiger partial charge on any atom is -0.269 e. The molecule has 0 fully saturated rings. The maximum Gasteiger partial charge on any atom is 0.277 e. The first-order chi connectivity index (χ1) is 4.93. The van der Waals surface area contributed by atoms with E-state index in [9.17, 15) is 9.59 Å². The smallest absolute Gasteiger partial charge is 0.269 e. The minimum absolute atomic E-state index is 0.539. The molecule has 0 saturated carbocycles. The minimum atomic E-state index is -1.99. The fourth-order valence-electron chi connectivity index (χ4n) is 0.650. The van der Waals surface area contributed by atoms with Crippen molar-refractivity contribution in [2.24, 2.45) is 0 Å². The molecule has 0 radical (unpaired) electrons. The normalized spacial score (nSPS) is 18.3. The number of alkyl halides is 3. The van der Waals surface area contributed by atoms with Crippen LogP contribution in [0.4, 0.5) is 0 Å². The highest BCUT2D eigenvalue weighted by Gasteiger charge is 2.39. The van der Waals surface area contributed by atoms with Gasteiger partial charge in [-0.25, -0.2) is 4.90 Å². The Morgan fingerprint density at radius 2 is 1.45 bits per heavy atom. The topological polar surface area (TPSA) is 37.4 Å². The first-order valence-corrected chi connectivity index (χ1v) is 3.69. The van der Waals surface area contributed by atoms with Crippen LogP contribution in [0.15, 0.2) is 12.2 Å². The number of amides is 2. The number of rotatable bonds is 0. The zero-order chi connectivity index (χ0) is 8.65. The van der Waals surface area contributed by atoms with Crippen molar-refractivity contribution in [3.63, 3.8) is 0 Å². The van der Waals surface area contributed by atoms with Gasteiger partial charge in [-0.2, -0.15) is 0 Å². The predicted molar refractivity (Wildman–Crippen MR) is 41.3 cm³/mol. The lowest BCUT2D eigenvalue weighted by Crippen LogP contribution is -2.40. The van der Waals surface area contributed by atoms with Crippen molar-refractivity contribution in [2.75, 3.05) is 0 Å². The van der Waals surface area contributed by atoms with E-state index < -0.39 is 15.7 Å². The van der Waals surface area contributed by atoms with Gasteiger partial charge in [-0.05, 0) is 0 Å². The summed E-state index contributed by atoms with van der Waals surface area (Å²) in [6.07, 6.45) is 2.09. The van der Waals surface area contributed by atoms with E-state index in [0.29, 0.717) is 4.90 Å². The second-order valence-corrected chi connectivity index (χ2v) is 4.03. The Morgan fingerprint density at radius 1 is 1.09 bits per heavy atom. The van der Waals surface area contributed by atoms with E-state index in [1.165, 1.54) is 0 Å². The summed E-state index contributed by atoms with van der Waals surface area (Å²) in [6.45, 7) is 0. The Hall–Kier alpha value is -0.250. The molecular weight excluding hydrogens is 212 g/mol. The zero-order valence-corrected chi connectivity index (χ0v) is 7.32. The van der Waals surface area contributed by atoms with Gasteiger partial charge in [-0.1, -0.05) is 34.8 Å². The maximum absolute atomic E-state index is 10.8. The molecule has 0 aromatic carbocycles. The van der Waals surface area contributed by atoms with Crippen molar-refractivity contribution >= 4 is 46.6 Å². The summed E-state index contributed by atoms with van der Waals surface area (Å²) in [4.78, 5) is 22.1. The van der Waals surface area contributed by atoms with Gasteiger partial charge in [0.15, 0.2) is 0 Å². The highest BCUT2D eigenvalue weighted by Crippen LogP contribution is 2.32. The fraction of sp³-hybridized carbons (Fsp3) is 0.200. The van der Waals surface area contributed by atoms with Crippen molar-refractivity contribution in [3.05, 3.63) is 12.2 Å². The van der Waals surface area contributed by atoms with Crippen molar-refractivity contribution in [2.45, 2.75) is 3.92 Å². The van der Waals surface area contributed by atoms with Gasteiger partial charge in [0.2, 0.25) is 0 Å². The zero-order valence-electron chi connectivity index (χ0n) is 5.05. The standard InChI is InChI=1S/C5H2Cl3NO2/c6-5(7,8)9-3(10)1-2-4(9)11/h1-2H. The van der Waals surface area contributed by atoms with E-state index in [2.05, 4.69) is 0 Å². The van der Waals surface area contributed by atoms with Crippen LogP contribution in [0.2, 0.25) is 0 Å². The van der Waals surface area contributed by atoms with E-state index in [-0.39, 0.29) is 0 Å². The number of carbonyl (C=O) groups excluding carboxylic acids is 2. The molecule has 11 heavy (non-hydrogen) atoms. The highest BCUT2D eigenvalue weighted by molar-refractivity contribution is 6.68. The van der Waals surface area contributed by atoms with Crippen LogP contribution in [0.1, 0.15) is 0 Å². The molecule has 60 valence electrons. The lowest BCUT2D eigenvalue weighted by atomic mass is 10.6. The van der Waals surface area contributed by atoms with Crippen molar-refractivity contribution in [3.8, 4) is 0 Å². The molecule has 0 N–H and O–H groups in total. The summed E-state index contributed by atoms with van der Waals surface area (Å²) in [7, 11) is 0. The van der Waals surface area contributed by atoms with Gasteiger partial charge < -0.3 is 0 Å². The van der Waals surface area contributed by atoms with Crippen LogP contribution < -0.4 is 0 Å². The van der Waals surface area contributed by atoms with Gasteiger partial charge in [0.1, 0.15) is 0 Å². The molecule has 1 aliphatic rings. The predicted octanol–water partition coefficient (Wildman–Crippen LogP) is 1.24. The van der Waals surface area contributed by atoms with Crippen molar-refractivity contribution < 1.29 is 9.59 Å². The second-order valence-electron chi connectivity index (χ2n) is 1.81. The first-order valence-electron chi connectivity index (χ1n) is 2.56. The number of imide groups is 1. The van der Waals surface area contributed by atoms with Gasteiger partial charge in [0.25, 0.3) is 15.7 Å². The number of halogens is 3. The number of hydrogen-bond donors (Lipinski definition) is 0. The van der Waals surface area contributed by atoms with Crippen molar-refractivity contribution in [1.82, 2.24) is 4.90 Å². The molecule has 0 aromatic heterocycles. The molecule has 0 unspecified atom stereocenters. The summed E-state index contributed by atoms with van der Waals surface area (Å²) in [5.41, 5.74) is 0. The highest BCUT2D eigenvalue weighted by atomic mass is 35.6. The molecule has 0 spiro atoms. The molecule has 1 aliphatic heterocycles. The third-order valence-corrected chi connectivity index (χ3v) is 1.57. The third kappa shape index (κ3) is 1.67. The molecule has 2 amide bonds. The average Bonchev–Trinajstić information content (AvgIpc) is 2.08. The summed E-state index contributed by atoms with van der Waals surface area (Å²) in [5.74, 6) is -1.23. The van der Waals surface area contributed by atoms with E-state index in [0.717, 1.165) is 12.2 Å². The van der Waals surface area contributed by atoms with Crippen LogP contribution in [-0.4, -0.2) is 20.6 Å². The Bertz CT molecular complexity index is 225.